The Morgan fingerprint density at radius 1 is 1.44 bits per heavy atom. The van der Waals surface area contributed by atoms with Gasteiger partial charge in [0.1, 0.15) is 5.56 Å². The SMILES string of the molecule is O=[N+]([O-])c1ncc(C(F)F)c(OC(F)(F)F)c1I. The van der Waals surface area contributed by atoms with E-state index in [9.17, 15) is 32.1 Å². The van der Waals surface area contributed by atoms with Crippen LogP contribution in [0.3, 0.4) is 0 Å². The van der Waals surface area contributed by atoms with Gasteiger partial charge < -0.3 is 14.9 Å². The highest BCUT2D eigenvalue weighted by atomic mass is 127. The topological polar surface area (TPSA) is 65.3 Å². The van der Waals surface area contributed by atoms with Crippen LogP contribution in [0.25, 0.3) is 0 Å². The third-order valence-electron chi connectivity index (χ3n) is 1.61. The Kier molecular flexibility index (Phi) is 4.24. The van der Waals surface area contributed by atoms with E-state index in [2.05, 4.69) is 9.72 Å². The molecule has 0 fully saturated rings. The summed E-state index contributed by atoms with van der Waals surface area (Å²) >= 11 is 1.09. The van der Waals surface area contributed by atoms with Crippen LogP contribution in [0.1, 0.15) is 12.0 Å². The van der Waals surface area contributed by atoms with Gasteiger partial charge in [0, 0.05) is 0 Å². The van der Waals surface area contributed by atoms with E-state index in [-0.39, 0.29) is 6.20 Å². The Morgan fingerprint density at radius 3 is 2.39 bits per heavy atom. The van der Waals surface area contributed by atoms with Crippen molar-refractivity contribution >= 4 is 28.4 Å². The highest BCUT2D eigenvalue weighted by Crippen LogP contribution is 2.39. The van der Waals surface area contributed by atoms with Crippen molar-refractivity contribution in [1.29, 1.82) is 0 Å². The molecule has 18 heavy (non-hydrogen) atoms. The first-order valence-corrected chi connectivity index (χ1v) is 5.08. The van der Waals surface area contributed by atoms with E-state index in [0.717, 1.165) is 22.6 Å². The standard InChI is InChI=1S/C7H2F5IN2O3/c8-5(9)2-1-14-6(15(16)17)3(13)4(2)18-7(10,11)12/h1,5H. The van der Waals surface area contributed by atoms with Gasteiger partial charge in [0.2, 0.25) is 0 Å². The fraction of sp³-hybridized carbons (Fsp3) is 0.286. The highest BCUT2D eigenvalue weighted by Gasteiger charge is 2.37. The summed E-state index contributed by atoms with van der Waals surface area (Å²) in [6.07, 6.45) is -8.26. The number of hydrogen-bond acceptors (Lipinski definition) is 4. The lowest BCUT2D eigenvalue weighted by Crippen LogP contribution is -2.19. The monoisotopic (exact) mass is 384 g/mol. The van der Waals surface area contributed by atoms with Crippen LogP contribution in [0.15, 0.2) is 6.20 Å². The Hall–Kier alpha value is -1.27. The van der Waals surface area contributed by atoms with Gasteiger partial charge >= 0.3 is 12.2 Å². The van der Waals surface area contributed by atoms with E-state index in [1.54, 1.807) is 0 Å². The summed E-state index contributed by atoms with van der Waals surface area (Å²) in [5.41, 5.74) is -1.16. The maximum absolute atomic E-state index is 12.5. The molecule has 11 heteroatoms. The van der Waals surface area contributed by atoms with Crippen LogP contribution in [0.2, 0.25) is 0 Å². The fourth-order valence-corrected chi connectivity index (χ4v) is 1.73. The Balaban J connectivity index is 3.41. The number of ether oxygens (including phenoxy) is 1. The molecule has 0 aliphatic heterocycles. The van der Waals surface area contributed by atoms with Crippen LogP contribution in [0, 0.1) is 13.7 Å². The van der Waals surface area contributed by atoms with Crippen molar-refractivity contribution in [2.75, 3.05) is 0 Å². The maximum Gasteiger partial charge on any atom is 0.573 e. The average molecular weight is 384 g/mol. The van der Waals surface area contributed by atoms with Crippen LogP contribution in [-0.4, -0.2) is 16.3 Å². The summed E-state index contributed by atoms with van der Waals surface area (Å²) in [7, 11) is 0. The van der Waals surface area contributed by atoms with Crippen LogP contribution < -0.4 is 4.74 Å². The normalized spacial score (nSPS) is 11.7. The first-order valence-electron chi connectivity index (χ1n) is 4.00. The minimum Gasteiger partial charge on any atom is -0.404 e. The molecule has 1 aromatic rings. The van der Waals surface area contributed by atoms with Gasteiger partial charge in [-0.25, -0.2) is 8.78 Å². The van der Waals surface area contributed by atoms with Gasteiger partial charge in [-0.2, -0.15) is 0 Å². The summed E-state index contributed by atoms with van der Waals surface area (Å²) < 4.78 is 63.7. The summed E-state index contributed by atoms with van der Waals surface area (Å²) in [4.78, 5) is 12.4. The van der Waals surface area contributed by atoms with Gasteiger partial charge in [-0.3, -0.25) is 0 Å². The maximum atomic E-state index is 12.5. The van der Waals surface area contributed by atoms with E-state index in [1.165, 1.54) is 0 Å². The number of aromatic nitrogens is 1. The first kappa shape index (κ1) is 14.8. The number of nitro groups is 1. The lowest BCUT2D eigenvalue weighted by Gasteiger charge is -2.13. The minimum atomic E-state index is -5.24. The lowest BCUT2D eigenvalue weighted by atomic mass is 10.2. The van der Waals surface area contributed by atoms with E-state index < -0.39 is 38.4 Å². The van der Waals surface area contributed by atoms with Crippen molar-refractivity contribution in [3.8, 4) is 5.75 Å². The molecule has 0 aromatic carbocycles. The quantitative estimate of drug-likeness (QED) is 0.347. The second-order valence-corrected chi connectivity index (χ2v) is 3.86. The zero-order valence-electron chi connectivity index (χ0n) is 8.04. The van der Waals surface area contributed by atoms with Crippen molar-refractivity contribution in [2.45, 2.75) is 12.8 Å². The zero-order chi connectivity index (χ0) is 14.1. The van der Waals surface area contributed by atoms with E-state index in [0.29, 0.717) is 0 Å². The smallest absolute Gasteiger partial charge is 0.404 e. The molecular formula is C7H2F5IN2O3. The second-order valence-electron chi connectivity index (χ2n) is 2.79. The Bertz CT molecular complexity index is 479. The van der Waals surface area contributed by atoms with Gasteiger partial charge in [-0.1, -0.05) is 0 Å². The van der Waals surface area contributed by atoms with E-state index >= 15 is 0 Å². The molecule has 0 atom stereocenters. The van der Waals surface area contributed by atoms with Gasteiger partial charge in [0.25, 0.3) is 6.43 Å². The molecular weight excluding hydrogens is 382 g/mol. The summed E-state index contributed by atoms with van der Waals surface area (Å²) in [5, 5.41) is 10.4. The molecule has 0 saturated heterocycles. The van der Waals surface area contributed by atoms with Crippen LogP contribution in [-0.2, 0) is 0 Å². The second kappa shape index (κ2) is 5.16. The van der Waals surface area contributed by atoms with E-state index in [1.807, 2.05) is 0 Å². The molecule has 1 rings (SSSR count). The number of nitrogens with zero attached hydrogens (tertiary/aromatic N) is 2. The molecule has 5 nitrogen and oxygen atoms in total. The molecule has 0 saturated carbocycles. The van der Waals surface area contributed by atoms with Crippen LogP contribution >= 0.6 is 22.6 Å². The molecule has 0 amide bonds. The van der Waals surface area contributed by atoms with E-state index in [4.69, 9.17) is 0 Å². The molecule has 1 aromatic heterocycles. The third kappa shape index (κ3) is 3.36. The fourth-order valence-electron chi connectivity index (χ4n) is 0.976. The molecule has 1 heterocycles. The number of halogens is 6. The van der Waals surface area contributed by atoms with Gasteiger partial charge in [-0.05, 0) is 32.5 Å². The molecule has 0 radical (unpaired) electrons. The molecule has 0 aliphatic rings. The zero-order valence-corrected chi connectivity index (χ0v) is 10.2. The molecule has 0 spiro atoms. The molecule has 0 N–H and O–H groups in total. The Labute approximate surface area is 109 Å². The molecule has 0 bridgehead atoms. The van der Waals surface area contributed by atoms with Crippen molar-refractivity contribution in [1.82, 2.24) is 4.98 Å². The van der Waals surface area contributed by atoms with Crippen molar-refractivity contribution < 1.29 is 31.6 Å². The lowest BCUT2D eigenvalue weighted by molar-refractivity contribution is -0.390. The van der Waals surface area contributed by atoms with Crippen molar-refractivity contribution in [3.05, 3.63) is 25.4 Å². The first-order chi connectivity index (χ1) is 8.13. The number of hydrogen-bond donors (Lipinski definition) is 0. The van der Waals surface area contributed by atoms with Crippen LogP contribution in [0.5, 0.6) is 5.75 Å². The molecule has 0 aliphatic carbocycles. The summed E-state index contributed by atoms with van der Waals surface area (Å²) in [6, 6.07) is 0. The van der Waals surface area contributed by atoms with Crippen molar-refractivity contribution in [2.24, 2.45) is 0 Å². The van der Waals surface area contributed by atoms with Gasteiger partial charge in [0.15, 0.2) is 15.5 Å². The summed E-state index contributed by atoms with van der Waals surface area (Å²) in [5.74, 6) is -2.29. The molecule has 100 valence electrons. The molecule has 0 unspecified atom stereocenters. The predicted molar refractivity (Wildman–Crippen MR) is 55.2 cm³/mol. The summed E-state index contributed by atoms with van der Waals surface area (Å²) in [6.45, 7) is 0. The number of pyridine rings is 1. The largest absolute Gasteiger partial charge is 0.573 e. The van der Waals surface area contributed by atoms with Gasteiger partial charge in [-0.15, -0.1) is 13.2 Å². The highest BCUT2D eigenvalue weighted by molar-refractivity contribution is 14.1. The number of rotatable bonds is 3. The average Bonchev–Trinajstić information content (AvgIpc) is 2.17. The van der Waals surface area contributed by atoms with Crippen molar-refractivity contribution in [3.63, 3.8) is 0 Å². The van der Waals surface area contributed by atoms with Crippen LogP contribution in [0.4, 0.5) is 27.8 Å². The minimum absolute atomic E-state index is 0.284. The van der Waals surface area contributed by atoms with Gasteiger partial charge in [0.05, 0.1) is 0 Å². The predicted octanol–water partition coefficient (Wildman–Crippen LogP) is 3.43. The number of alkyl halides is 5. The Morgan fingerprint density at radius 2 is 2.00 bits per heavy atom. The third-order valence-corrected chi connectivity index (χ3v) is 2.58.